The molecule has 0 aromatic carbocycles. The summed E-state index contributed by atoms with van der Waals surface area (Å²) in [5.74, 6) is 0.677. The van der Waals surface area contributed by atoms with Gasteiger partial charge in [0.2, 0.25) is 0 Å². The summed E-state index contributed by atoms with van der Waals surface area (Å²) in [4.78, 5) is 6.73. The highest BCUT2D eigenvalue weighted by molar-refractivity contribution is 5.46. The molecule has 0 aliphatic carbocycles. The lowest BCUT2D eigenvalue weighted by atomic mass is 10.2. The zero-order chi connectivity index (χ0) is 13.5. The molecule has 0 radical (unpaired) electrons. The molecular weight excluding hydrogens is 222 g/mol. The highest BCUT2D eigenvalue weighted by Crippen LogP contribution is 2.16. The average Bonchev–Trinajstić information content (AvgIpc) is 2.37. The first-order chi connectivity index (χ1) is 8.54. The fourth-order valence-electron chi connectivity index (χ4n) is 1.80. The van der Waals surface area contributed by atoms with Gasteiger partial charge < -0.3 is 10.2 Å². The van der Waals surface area contributed by atoms with Crippen molar-refractivity contribution in [1.82, 2.24) is 10.3 Å². The van der Waals surface area contributed by atoms with Crippen LogP contribution in [-0.2, 0) is 6.54 Å². The third-order valence-electron chi connectivity index (χ3n) is 3.32. The van der Waals surface area contributed by atoms with E-state index >= 15 is 0 Å². The maximum absolute atomic E-state index is 4.41. The predicted octanol–water partition coefficient (Wildman–Crippen LogP) is 3.06. The number of nitrogens with one attached hydrogen (secondary N) is 1. The third kappa shape index (κ3) is 4.65. The van der Waals surface area contributed by atoms with Crippen molar-refractivity contribution >= 4 is 5.69 Å². The molecule has 0 spiro atoms. The fourth-order valence-corrected chi connectivity index (χ4v) is 1.80. The molecule has 1 aromatic rings. The number of anilines is 1. The highest BCUT2D eigenvalue weighted by Gasteiger charge is 2.08. The molecule has 0 aliphatic heterocycles. The molecule has 1 rings (SSSR count). The Bertz CT molecular complexity index is 349. The minimum Gasteiger partial charge on any atom is -0.372 e. The van der Waals surface area contributed by atoms with Crippen molar-refractivity contribution in [1.29, 1.82) is 0 Å². The smallest absolute Gasteiger partial charge is 0.0562 e. The first-order valence-corrected chi connectivity index (χ1v) is 6.93. The molecule has 1 unspecified atom stereocenters. The Morgan fingerprint density at radius 1 is 1.33 bits per heavy atom. The molecule has 0 saturated heterocycles. The molecule has 1 heterocycles. The molecule has 1 N–H and O–H groups in total. The third-order valence-corrected chi connectivity index (χ3v) is 3.32. The fraction of sp³-hybridized carbons (Fsp3) is 0.667. The summed E-state index contributed by atoms with van der Waals surface area (Å²) >= 11 is 0. The molecule has 0 bridgehead atoms. The van der Waals surface area contributed by atoms with Gasteiger partial charge in [0.1, 0.15) is 0 Å². The van der Waals surface area contributed by atoms with Crippen LogP contribution in [0.4, 0.5) is 5.69 Å². The Balaban J connectivity index is 2.61. The number of rotatable bonds is 7. The van der Waals surface area contributed by atoms with E-state index in [4.69, 9.17) is 0 Å². The molecule has 0 aliphatic rings. The zero-order valence-corrected chi connectivity index (χ0v) is 12.4. The van der Waals surface area contributed by atoms with Crippen molar-refractivity contribution in [3.05, 3.63) is 24.0 Å². The van der Waals surface area contributed by atoms with Gasteiger partial charge in [-0.1, -0.05) is 20.8 Å². The van der Waals surface area contributed by atoms with Crippen molar-refractivity contribution in [2.24, 2.45) is 5.92 Å². The van der Waals surface area contributed by atoms with E-state index in [9.17, 15) is 0 Å². The molecule has 18 heavy (non-hydrogen) atoms. The van der Waals surface area contributed by atoms with Gasteiger partial charge in [-0.3, -0.25) is 4.98 Å². The quantitative estimate of drug-likeness (QED) is 0.805. The van der Waals surface area contributed by atoms with E-state index in [-0.39, 0.29) is 0 Å². The Kier molecular flexibility index (Phi) is 6.13. The number of hydrogen-bond acceptors (Lipinski definition) is 3. The normalized spacial score (nSPS) is 12.8. The Labute approximate surface area is 112 Å². The Morgan fingerprint density at radius 3 is 2.67 bits per heavy atom. The summed E-state index contributed by atoms with van der Waals surface area (Å²) in [6, 6.07) is 4.82. The Morgan fingerprint density at radius 2 is 2.06 bits per heavy atom. The second-order valence-electron chi connectivity index (χ2n) is 5.40. The average molecular weight is 249 g/mol. The second-order valence-corrected chi connectivity index (χ2v) is 5.40. The summed E-state index contributed by atoms with van der Waals surface area (Å²) in [6.45, 7) is 10.8. The van der Waals surface area contributed by atoms with Gasteiger partial charge in [-0.2, -0.15) is 0 Å². The van der Waals surface area contributed by atoms with Crippen molar-refractivity contribution in [2.45, 2.75) is 46.7 Å². The van der Waals surface area contributed by atoms with Crippen LogP contribution in [0.25, 0.3) is 0 Å². The predicted molar refractivity (Wildman–Crippen MR) is 78.9 cm³/mol. The second kappa shape index (κ2) is 7.37. The number of nitrogens with zero attached hydrogens (tertiary/aromatic N) is 2. The van der Waals surface area contributed by atoms with Gasteiger partial charge in [-0.05, 0) is 37.9 Å². The van der Waals surface area contributed by atoms with Crippen molar-refractivity contribution in [3.63, 3.8) is 0 Å². The van der Waals surface area contributed by atoms with Crippen LogP contribution < -0.4 is 10.2 Å². The number of hydrogen-bond donors (Lipinski definition) is 1. The molecular formula is C15H27N3. The number of pyridine rings is 1. The van der Waals surface area contributed by atoms with Crippen LogP contribution in [0.2, 0.25) is 0 Å². The summed E-state index contributed by atoms with van der Waals surface area (Å²) in [5, 5.41) is 3.43. The molecule has 102 valence electrons. The van der Waals surface area contributed by atoms with Crippen LogP contribution in [0.1, 0.15) is 39.8 Å². The van der Waals surface area contributed by atoms with Gasteiger partial charge in [-0.15, -0.1) is 0 Å². The maximum atomic E-state index is 4.41. The van der Waals surface area contributed by atoms with E-state index in [1.807, 2.05) is 6.20 Å². The summed E-state index contributed by atoms with van der Waals surface area (Å²) in [7, 11) is 2.15. The molecule has 1 atom stereocenters. The first kappa shape index (κ1) is 15.0. The first-order valence-electron chi connectivity index (χ1n) is 6.93. The molecule has 1 aromatic heterocycles. The van der Waals surface area contributed by atoms with E-state index in [0.717, 1.165) is 25.2 Å². The molecule has 0 saturated carbocycles. The van der Waals surface area contributed by atoms with E-state index in [1.165, 1.54) is 5.69 Å². The summed E-state index contributed by atoms with van der Waals surface area (Å²) in [5.41, 5.74) is 2.36. The van der Waals surface area contributed by atoms with Crippen LogP contribution >= 0.6 is 0 Å². The zero-order valence-electron chi connectivity index (χ0n) is 12.4. The van der Waals surface area contributed by atoms with Crippen molar-refractivity contribution in [2.75, 3.05) is 18.5 Å². The van der Waals surface area contributed by atoms with Crippen LogP contribution in [0.3, 0.4) is 0 Å². The SMILES string of the molecule is CCC(C)N(C)c1ccnc(CNCC(C)C)c1. The van der Waals surface area contributed by atoms with Crippen molar-refractivity contribution in [3.8, 4) is 0 Å². The van der Waals surface area contributed by atoms with Gasteiger partial charge in [-0.25, -0.2) is 0 Å². The van der Waals surface area contributed by atoms with Gasteiger partial charge in [0.05, 0.1) is 5.69 Å². The van der Waals surface area contributed by atoms with Gasteiger partial charge in [0.25, 0.3) is 0 Å². The minimum absolute atomic E-state index is 0.559. The highest BCUT2D eigenvalue weighted by atomic mass is 15.1. The van der Waals surface area contributed by atoms with E-state index in [2.05, 4.69) is 62.1 Å². The standard InChI is InChI=1S/C15H27N3/c1-6-13(4)18(5)15-7-8-17-14(9-15)11-16-10-12(2)3/h7-9,12-13,16H,6,10-11H2,1-5H3. The van der Waals surface area contributed by atoms with Crippen LogP contribution in [0.15, 0.2) is 18.3 Å². The minimum atomic E-state index is 0.559. The molecule has 0 fully saturated rings. The summed E-state index contributed by atoms with van der Waals surface area (Å²) in [6.07, 6.45) is 3.06. The maximum Gasteiger partial charge on any atom is 0.0562 e. The van der Waals surface area contributed by atoms with E-state index < -0.39 is 0 Å². The molecule has 0 amide bonds. The molecule has 3 nitrogen and oxygen atoms in total. The summed E-state index contributed by atoms with van der Waals surface area (Å²) < 4.78 is 0. The van der Waals surface area contributed by atoms with E-state index in [1.54, 1.807) is 0 Å². The lowest BCUT2D eigenvalue weighted by Gasteiger charge is -2.26. The lowest BCUT2D eigenvalue weighted by molar-refractivity contribution is 0.548. The van der Waals surface area contributed by atoms with Crippen molar-refractivity contribution < 1.29 is 0 Å². The lowest BCUT2D eigenvalue weighted by Crippen LogP contribution is -2.28. The monoisotopic (exact) mass is 249 g/mol. The van der Waals surface area contributed by atoms with Crippen LogP contribution in [0, 0.1) is 5.92 Å². The van der Waals surface area contributed by atoms with Gasteiger partial charge in [0.15, 0.2) is 0 Å². The molecule has 3 heteroatoms. The van der Waals surface area contributed by atoms with Gasteiger partial charge in [0, 0.05) is 31.5 Å². The Hall–Kier alpha value is -1.09. The van der Waals surface area contributed by atoms with Gasteiger partial charge >= 0.3 is 0 Å². The van der Waals surface area contributed by atoms with E-state index in [0.29, 0.717) is 12.0 Å². The largest absolute Gasteiger partial charge is 0.372 e. The van der Waals surface area contributed by atoms with Crippen LogP contribution in [-0.4, -0.2) is 24.6 Å². The number of aromatic nitrogens is 1. The van der Waals surface area contributed by atoms with Crippen LogP contribution in [0.5, 0.6) is 0 Å². The topological polar surface area (TPSA) is 28.2 Å².